The third kappa shape index (κ3) is 54.4. The van der Waals surface area contributed by atoms with Crippen molar-refractivity contribution in [2.75, 3.05) is 13.2 Å². The standard InChI is InChI=1S/C61H112O6/c1-4-7-10-13-16-19-22-24-26-28-29-30-31-33-34-36-39-42-45-48-51-54-60(63)66-57-58(56-65-59(62)53-50-47-44-41-38-21-18-15-12-9-6-3)67-61(64)55-52-49-46-43-40-37-35-32-27-25-23-20-17-14-11-8-5-2/h8,11,17,20,25,27,58H,4-7,9-10,12-16,18-19,21-24,26,28-57H2,1-3H3/b11-8-,20-17-,27-25-. The molecule has 0 aromatic heterocycles. The number of rotatable bonds is 54. The topological polar surface area (TPSA) is 78.9 Å². The van der Waals surface area contributed by atoms with Gasteiger partial charge in [-0.1, -0.05) is 282 Å². The van der Waals surface area contributed by atoms with Gasteiger partial charge in [0.2, 0.25) is 0 Å². The van der Waals surface area contributed by atoms with Crippen molar-refractivity contribution < 1.29 is 28.6 Å². The van der Waals surface area contributed by atoms with Crippen molar-refractivity contribution in [2.24, 2.45) is 0 Å². The molecule has 67 heavy (non-hydrogen) atoms. The van der Waals surface area contributed by atoms with Crippen molar-refractivity contribution in [1.29, 1.82) is 0 Å². The zero-order valence-electron chi connectivity index (χ0n) is 44.9. The second-order valence-corrected chi connectivity index (χ2v) is 19.9. The van der Waals surface area contributed by atoms with Gasteiger partial charge in [0.1, 0.15) is 13.2 Å². The Morgan fingerprint density at radius 3 is 0.910 bits per heavy atom. The first-order chi connectivity index (χ1) is 33.0. The predicted molar refractivity (Wildman–Crippen MR) is 289 cm³/mol. The average Bonchev–Trinajstić information content (AvgIpc) is 3.33. The summed E-state index contributed by atoms with van der Waals surface area (Å²) in [6.07, 6.45) is 67.1. The van der Waals surface area contributed by atoms with E-state index >= 15 is 0 Å². The van der Waals surface area contributed by atoms with E-state index in [0.717, 1.165) is 83.5 Å². The molecular weight excluding hydrogens is 829 g/mol. The van der Waals surface area contributed by atoms with Crippen LogP contribution < -0.4 is 0 Å². The molecule has 0 aromatic rings. The van der Waals surface area contributed by atoms with Crippen LogP contribution in [0.1, 0.15) is 316 Å². The lowest BCUT2D eigenvalue weighted by atomic mass is 10.0. The molecule has 0 saturated carbocycles. The first kappa shape index (κ1) is 64.6. The first-order valence-corrected chi connectivity index (χ1v) is 29.5. The third-order valence-corrected chi connectivity index (χ3v) is 13.2. The molecule has 0 saturated heterocycles. The van der Waals surface area contributed by atoms with E-state index in [1.54, 1.807) is 0 Å². The SMILES string of the molecule is CC/C=C\C/C=C\C/C=C\CCCCCCCCCC(=O)OC(COC(=O)CCCCCCCCCCCCC)COC(=O)CCCCCCCCCCCCCCCCCCCCCCC. The van der Waals surface area contributed by atoms with Crippen molar-refractivity contribution in [1.82, 2.24) is 0 Å². The number of allylic oxidation sites excluding steroid dienone is 6. The van der Waals surface area contributed by atoms with E-state index in [9.17, 15) is 14.4 Å². The molecular formula is C61H112O6. The molecule has 0 bridgehead atoms. The molecule has 0 radical (unpaired) electrons. The average molecular weight is 942 g/mol. The molecule has 1 atom stereocenters. The molecule has 0 heterocycles. The van der Waals surface area contributed by atoms with Gasteiger partial charge >= 0.3 is 17.9 Å². The Morgan fingerprint density at radius 1 is 0.313 bits per heavy atom. The molecule has 0 rings (SSSR count). The van der Waals surface area contributed by atoms with E-state index < -0.39 is 6.10 Å². The molecule has 0 aliphatic carbocycles. The Morgan fingerprint density at radius 2 is 0.582 bits per heavy atom. The predicted octanol–water partition coefficient (Wildman–Crippen LogP) is 19.7. The number of ether oxygens (including phenoxy) is 3. The minimum atomic E-state index is -0.773. The maximum Gasteiger partial charge on any atom is 0.306 e. The highest BCUT2D eigenvalue weighted by Crippen LogP contribution is 2.17. The van der Waals surface area contributed by atoms with Gasteiger partial charge in [-0.05, 0) is 51.4 Å². The number of carbonyl (C=O) groups excluding carboxylic acids is 3. The monoisotopic (exact) mass is 941 g/mol. The summed E-state index contributed by atoms with van der Waals surface area (Å²) in [6.45, 7) is 6.56. The maximum atomic E-state index is 12.8. The van der Waals surface area contributed by atoms with Crippen molar-refractivity contribution in [3.63, 3.8) is 0 Å². The summed E-state index contributed by atoms with van der Waals surface area (Å²) < 4.78 is 16.9. The van der Waals surface area contributed by atoms with Crippen LogP contribution in [0.3, 0.4) is 0 Å². The van der Waals surface area contributed by atoms with Crippen molar-refractivity contribution >= 4 is 17.9 Å². The van der Waals surface area contributed by atoms with Crippen LogP contribution in [0.25, 0.3) is 0 Å². The Hall–Kier alpha value is -2.37. The van der Waals surface area contributed by atoms with Crippen LogP contribution in [0.4, 0.5) is 0 Å². The smallest absolute Gasteiger partial charge is 0.306 e. The summed E-state index contributed by atoms with van der Waals surface area (Å²) in [5.74, 6) is -0.863. The maximum absolute atomic E-state index is 12.8. The van der Waals surface area contributed by atoms with E-state index in [1.807, 2.05) is 0 Å². The third-order valence-electron chi connectivity index (χ3n) is 13.2. The van der Waals surface area contributed by atoms with Crippen LogP contribution in [0.5, 0.6) is 0 Å². The van der Waals surface area contributed by atoms with E-state index in [-0.39, 0.29) is 31.1 Å². The lowest BCUT2D eigenvalue weighted by Crippen LogP contribution is -2.30. The minimum Gasteiger partial charge on any atom is -0.462 e. The zero-order chi connectivity index (χ0) is 48.6. The highest BCUT2D eigenvalue weighted by molar-refractivity contribution is 5.71. The van der Waals surface area contributed by atoms with Crippen LogP contribution in [0, 0.1) is 0 Å². The van der Waals surface area contributed by atoms with Crippen molar-refractivity contribution in [3.05, 3.63) is 36.5 Å². The van der Waals surface area contributed by atoms with E-state index in [1.165, 1.54) is 193 Å². The van der Waals surface area contributed by atoms with Gasteiger partial charge in [0.15, 0.2) is 6.10 Å². The number of hydrogen-bond acceptors (Lipinski definition) is 6. The highest BCUT2D eigenvalue weighted by atomic mass is 16.6. The van der Waals surface area contributed by atoms with Gasteiger partial charge in [0, 0.05) is 19.3 Å². The fraction of sp³-hybridized carbons (Fsp3) is 0.852. The van der Waals surface area contributed by atoms with Crippen molar-refractivity contribution in [2.45, 2.75) is 322 Å². The van der Waals surface area contributed by atoms with Gasteiger partial charge < -0.3 is 14.2 Å². The molecule has 392 valence electrons. The summed E-state index contributed by atoms with van der Waals surface area (Å²) >= 11 is 0. The second kappa shape index (κ2) is 56.2. The van der Waals surface area contributed by atoms with E-state index in [4.69, 9.17) is 14.2 Å². The quantitative estimate of drug-likeness (QED) is 0.0262. The summed E-state index contributed by atoms with van der Waals surface area (Å²) in [4.78, 5) is 38.1. The molecule has 6 nitrogen and oxygen atoms in total. The fourth-order valence-electron chi connectivity index (χ4n) is 8.75. The van der Waals surface area contributed by atoms with Crippen LogP contribution in [-0.2, 0) is 28.6 Å². The van der Waals surface area contributed by atoms with Crippen LogP contribution in [0.15, 0.2) is 36.5 Å². The molecule has 0 aliphatic heterocycles. The summed E-state index contributed by atoms with van der Waals surface area (Å²) in [5.41, 5.74) is 0. The molecule has 0 aliphatic rings. The van der Waals surface area contributed by atoms with Gasteiger partial charge in [-0.3, -0.25) is 14.4 Å². The summed E-state index contributed by atoms with van der Waals surface area (Å²) in [5, 5.41) is 0. The molecule has 1 unspecified atom stereocenters. The summed E-state index contributed by atoms with van der Waals surface area (Å²) in [7, 11) is 0. The summed E-state index contributed by atoms with van der Waals surface area (Å²) in [6, 6.07) is 0. The molecule has 0 fully saturated rings. The Kier molecular flexibility index (Phi) is 54.2. The Labute approximate surface area is 416 Å². The lowest BCUT2D eigenvalue weighted by molar-refractivity contribution is -0.167. The van der Waals surface area contributed by atoms with Crippen LogP contribution in [0.2, 0.25) is 0 Å². The van der Waals surface area contributed by atoms with Crippen LogP contribution in [-0.4, -0.2) is 37.2 Å². The molecule has 0 spiro atoms. The van der Waals surface area contributed by atoms with Gasteiger partial charge in [0.25, 0.3) is 0 Å². The zero-order valence-corrected chi connectivity index (χ0v) is 44.9. The Bertz CT molecular complexity index is 1130. The minimum absolute atomic E-state index is 0.0713. The lowest BCUT2D eigenvalue weighted by Gasteiger charge is -2.18. The molecule has 6 heteroatoms. The molecule has 0 amide bonds. The van der Waals surface area contributed by atoms with Gasteiger partial charge in [-0.25, -0.2) is 0 Å². The van der Waals surface area contributed by atoms with Gasteiger partial charge in [0.05, 0.1) is 0 Å². The van der Waals surface area contributed by atoms with Crippen molar-refractivity contribution in [3.8, 4) is 0 Å². The number of carbonyl (C=O) groups is 3. The van der Waals surface area contributed by atoms with E-state index in [0.29, 0.717) is 19.3 Å². The second-order valence-electron chi connectivity index (χ2n) is 19.9. The van der Waals surface area contributed by atoms with Gasteiger partial charge in [-0.15, -0.1) is 0 Å². The van der Waals surface area contributed by atoms with Gasteiger partial charge in [-0.2, -0.15) is 0 Å². The normalized spacial score (nSPS) is 12.2. The molecule has 0 N–H and O–H groups in total. The molecule has 0 aromatic carbocycles. The Balaban J connectivity index is 4.26. The number of esters is 3. The first-order valence-electron chi connectivity index (χ1n) is 29.5. The largest absolute Gasteiger partial charge is 0.462 e. The number of hydrogen-bond donors (Lipinski definition) is 0. The van der Waals surface area contributed by atoms with Crippen LogP contribution >= 0.6 is 0 Å². The fourth-order valence-corrected chi connectivity index (χ4v) is 8.75. The highest BCUT2D eigenvalue weighted by Gasteiger charge is 2.19. The van der Waals surface area contributed by atoms with E-state index in [2.05, 4.69) is 57.2 Å². The number of unbranched alkanes of at least 4 members (excludes halogenated alkanes) is 37.